The second kappa shape index (κ2) is 7.97. The molecule has 1 aliphatic heterocycles. The highest BCUT2D eigenvalue weighted by Crippen LogP contribution is 2.24. The van der Waals surface area contributed by atoms with Crippen LogP contribution in [0.3, 0.4) is 0 Å². The minimum absolute atomic E-state index is 0.0228. The largest absolute Gasteiger partial charge is 0.497 e. The monoisotopic (exact) mass is 405 g/mol. The molecule has 0 saturated carbocycles. The molecule has 1 N–H and O–H groups in total. The molecule has 28 heavy (non-hydrogen) atoms. The lowest BCUT2D eigenvalue weighted by atomic mass is 10.1. The van der Waals surface area contributed by atoms with E-state index >= 15 is 0 Å². The highest BCUT2D eigenvalue weighted by atomic mass is 32.2. The first kappa shape index (κ1) is 20.4. The van der Waals surface area contributed by atoms with Gasteiger partial charge in [-0.15, -0.1) is 0 Å². The zero-order chi connectivity index (χ0) is 20.5. The molecule has 7 nitrogen and oxygen atoms in total. The van der Waals surface area contributed by atoms with Crippen molar-refractivity contribution in [3.8, 4) is 11.4 Å². The number of sulfonamides is 1. The Morgan fingerprint density at radius 3 is 2.46 bits per heavy atom. The van der Waals surface area contributed by atoms with Crippen LogP contribution in [0.1, 0.15) is 34.6 Å². The van der Waals surface area contributed by atoms with E-state index in [4.69, 9.17) is 4.74 Å². The Morgan fingerprint density at radius 2 is 1.86 bits per heavy atom. The van der Waals surface area contributed by atoms with Crippen LogP contribution in [-0.4, -0.2) is 55.7 Å². The van der Waals surface area contributed by atoms with Gasteiger partial charge in [-0.1, -0.05) is 6.07 Å². The van der Waals surface area contributed by atoms with Gasteiger partial charge in [0.2, 0.25) is 10.0 Å². The van der Waals surface area contributed by atoms with Crippen molar-refractivity contribution in [2.45, 2.75) is 32.7 Å². The number of hydrogen-bond acceptors (Lipinski definition) is 4. The molecule has 1 aromatic carbocycles. The number of benzene rings is 1. The first-order valence-electron chi connectivity index (χ1n) is 9.30. The summed E-state index contributed by atoms with van der Waals surface area (Å²) in [7, 11) is -1.54. The number of aromatic nitrogens is 1. The standard InChI is InChI=1S/C20H27N3O4S/c1-14-12-19(15(2)23(14)17-6-5-7-18(13-17)27-3)20(24)21-16-8-10-22(11-9-16)28(4,25)26/h5-7,12-13,16H,8-11H2,1-4H3,(H,21,24). The molecule has 1 saturated heterocycles. The van der Waals surface area contributed by atoms with Gasteiger partial charge in [-0.3, -0.25) is 4.79 Å². The summed E-state index contributed by atoms with van der Waals surface area (Å²) in [6.45, 7) is 4.76. The summed E-state index contributed by atoms with van der Waals surface area (Å²) in [4.78, 5) is 12.9. The number of methoxy groups -OCH3 is 1. The molecular formula is C20H27N3O4S. The van der Waals surface area contributed by atoms with Crippen molar-refractivity contribution in [2.75, 3.05) is 26.5 Å². The Hall–Kier alpha value is -2.32. The first-order chi connectivity index (χ1) is 13.2. The molecule has 1 amide bonds. The summed E-state index contributed by atoms with van der Waals surface area (Å²) in [5, 5.41) is 3.06. The number of ether oxygens (including phenoxy) is 1. The van der Waals surface area contributed by atoms with Gasteiger partial charge >= 0.3 is 0 Å². The van der Waals surface area contributed by atoms with Gasteiger partial charge in [0.05, 0.1) is 18.9 Å². The quantitative estimate of drug-likeness (QED) is 0.827. The van der Waals surface area contributed by atoms with Crippen LogP contribution in [0.4, 0.5) is 0 Å². The fraction of sp³-hybridized carbons (Fsp3) is 0.450. The van der Waals surface area contributed by atoms with Crippen molar-refractivity contribution in [1.82, 2.24) is 14.2 Å². The fourth-order valence-corrected chi connectivity index (χ4v) is 4.61. The predicted molar refractivity (Wildman–Crippen MR) is 109 cm³/mol. The third-order valence-corrected chi connectivity index (χ3v) is 6.55. The van der Waals surface area contributed by atoms with Gasteiger partial charge in [0.1, 0.15) is 5.75 Å². The van der Waals surface area contributed by atoms with Gasteiger partial charge in [0, 0.05) is 42.3 Å². The van der Waals surface area contributed by atoms with Crippen molar-refractivity contribution < 1.29 is 17.9 Å². The molecule has 1 aromatic heterocycles. The minimum Gasteiger partial charge on any atom is -0.497 e. The SMILES string of the molecule is COc1cccc(-n2c(C)cc(C(=O)NC3CCN(S(C)(=O)=O)CC3)c2C)c1. The van der Waals surface area contributed by atoms with Crippen LogP contribution < -0.4 is 10.1 Å². The van der Waals surface area contributed by atoms with E-state index in [1.807, 2.05) is 48.7 Å². The van der Waals surface area contributed by atoms with Crippen LogP contribution in [0.15, 0.2) is 30.3 Å². The summed E-state index contributed by atoms with van der Waals surface area (Å²) in [6.07, 6.45) is 2.46. The third kappa shape index (κ3) is 4.23. The molecule has 1 aliphatic rings. The number of hydrogen-bond donors (Lipinski definition) is 1. The van der Waals surface area contributed by atoms with E-state index in [1.165, 1.54) is 10.6 Å². The third-order valence-electron chi connectivity index (χ3n) is 5.25. The van der Waals surface area contributed by atoms with E-state index in [1.54, 1.807) is 7.11 Å². The van der Waals surface area contributed by atoms with E-state index in [-0.39, 0.29) is 11.9 Å². The maximum atomic E-state index is 12.9. The zero-order valence-corrected chi connectivity index (χ0v) is 17.5. The topological polar surface area (TPSA) is 80.6 Å². The van der Waals surface area contributed by atoms with Crippen molar-refractivity contribution in [2.24, 2.45) is 0 Å². The molecule has 3 rings (SSSR count). The second-order valence-corrected chi connectivity index (χ2v) is 9.21. The van der Waals surface area contributed by atoms with E-state index < -0.39 is 10.0 Å². The Kier molecular flexibility index (Phi) is 5.81. The van der Waals surface area contributed by atoms with Gasteiger partial charge in [-0.25, -0.2) is 12.7 Å². The fourth-order valence-electron chi connectivity index (χ4n) is 3.73. The summed E-state index contributed by atoms with van der Waals surface area (Å²) in [5.41, 5.74) is 3.39. The number of nitrogens with zero attached hydrogens (tertiary/aromatic N) is 2. The molecule has 2 aromatic rings. The number of carbonyl (C=O) groups excluding carboxylic acids is 1. The Morgan fingerprint density at radius 1 is 1.18 bits per heavy atom. The summed E-state index contributed by atoms with van der Waals surface area (Å²) in [5.74, 6) is 0.633. The normalized spacial score (nSPS) is 16.1. The molecule has 8 heteroatoms. The van der Waals surface area contributed by atoms with Crippen LogP contribution in [0.25, 0.3) is 5.69 Å². The Balaban J connectivity index is 1.75. The van der Waals surface area contributed by atoms with Gasteiger partial charge < -0.3 is 14.6 Å². The average Bonchev–Trinajstić information content (AvgIpc) is 2.96. The highest BCUT2D eigenvalue weighted by molar-refractivity contribution is 7.88. The van der Waals surface area contributed by atoms with Crippen molar-refractivity contribution in [3.63, 3.8) is 0 Å². The smallest absolute Gasteiger partial charge is 0.253 e. The molecule has 0 spiro atoms. The van der Waals surface area contributed by atoms with Gasteiger partial charge in [0.15, 0.2) is 0 Å². The van der Waals surface area contributed by atoms with Crippen LogP contribution in [0, 0.1) is 13.8 Å². The van der Waals surface area contributed by atoms with Crippen molar-refractivity contribution >= 4 is 15.9 Å². The first-order valence-corrected chi connectivity index (χ1v) is 11.1. The molecule has 1 fully saturated rings. The van der Waals surface area contributed by atoms with Crippen LogP contribution in [-0.2, 0) is 10.0 Å². The minimum atomic E-state index is -3.17. The average molecular weight is 406 g/mol. The Bertz CT molecular complexity index is 973. The molecule has 0 atom stereocenters. The van der Waals surface area contributed by atoms with Crippen molar-refractivity contribution in [3.05, 3.63) is 47.3 Å². The summed E-state index contributed by atoms with van der Waals surface area (Å²) < 4.78 is 32.1. The number of rotatable bonds is 5. The lowest BCUT2D eigenvalue weighted by Gasteiger charge is -2.30. The van der Waals surface area contributed by atoms with E-state index in [9.17, 15) is 13.2 Å². The van der Waals surface area contributed by atoms with Crippen LogP contribution in [0.2, 0.25) is 0 Å². The summed E-state index contributed by atoms with van der Waals surface area (Å²) in [6, 6.07) is 9.57. The number of carbonyl (C=O) groups is 1. The summed E-state index contributed by atoms with van der Waals surface area (Å²) >= 11 is 0. The van der Waals surface area contributed by atoms with E-state index in [2.05, 4.69) is 5.32 Å². The van der Waals surface area contributed by atoms with Gasteiger partial charge in [-0.2, -0.15) is 0 Å². The number of piperidine rings is 1. The molecule has 0 aliphatic carbocycles. The number of amides is 1. The maximum absolute atomic E-state index is 12.9. The second-order valence-electron chi connectivity index (χ2n) is 7.23. The van der Waals surface area contributed by atoms with E-state index in [0.29, 0.717) is 31.5 Å². The lowest BCUT2D eigenvalue weighted by molar-refractivity contribution is 0.0923. The number of nitrogens with one attached hydrogen (secondary N) is 1. The molecule has 0 unspecified atom stereocenters. The van der Waals surface area contributed by atoms with E-state index in [0.717, 1.165) is 22.8 Å². The number of aryl methyl sites for hydroxylation is 1. The molecule has 0 bridgehead atoms. The van der Waals surface area contributed by atoms with Crippen LogP contribution in [0.5, 0.6) is 5.75 Å². The Labute approximate surface area is 166 Å². The van der Waals surface area contributed by atoms with Gasteiger partial charge in [-0.05, 0) is 44.9 Å². The lowest BCUT2D eigenvalue weighted by Crippen LogP contribution is -2.46. The molecular weight excluding hydrogens is 378 g/mol. The highest BCUT2D eigenvalue weighted by Gasteiger charge is 2.27. The molecule has 2 heterocycles. The molecule has 152 valence electrons. The van der Waals surface area contributed by atoms with Crippen molar-refractivity contribution in [1.29, 1.82) is 0 Å². The molecule has 0 radical (unpaired) electrons. The van der Waals surface area contributed by atoms with Crippen LogP contribution >= 0.6 is 0 Å². The zero-order valence-electron chi connectivity index (χ0n) is 16.7. The maximum Gasteiger partial charge on any atom is 0.253 e. The van der Waals surface area contributed by atoms with Gasteiger partial charge in [0.25, 0.3) is 5.91 Å². The predicted octanol–water partition coefficient (Wildman–Crippen LogP) is 2.26.